The van der Waals surface area contributed by atoms with Crippen LogP contribution in [0.1, 0.15) is 25.8 Å². The molecule has 0 aliphatic rings. The van der Waals surface area contributed by atoms with Gasteiger partial charge in [0.1, 0.15) is 0 Å². The van der Waals surface area contributed by atoms with E-state index in [-0.39, 0.29) is 0 Å². The summed E-state index contributed by atoms with van der Waals surface area (Å²) in [5, 5.41) is 3.87. The first-order chi connectivity index (χ1) is 7.20. The highest BCUT2D eigenvalue weighted by atomic mass is 15.3. The van der Waals surface area contributed by atoms with Crippen LogP contribution < -0.4 is 5.84 Å². The van der Waals surface area contributed by atoms with Crippen molar-refractivity contribution < 1.29 is 0 Å². The van der Waals surface area contributed by atoms with Gasteiger partial charge < -0.3 is 10.7 Å². The van der Waals surface area contributed by atoms with Crippen molar-refractivity contribution in [2.24, 2.45) is 10.9 Å². The molecule has 3 nitrogen and oxygen atoms in total. The summed E-state index contributed by atoms with van der Waals surface area (Å²) >= 11 is 0. The maximum atomic E-state index is 5.44. The van der Waals surface area contributed by atoms with Gasteiger partial charge in [-0.25, -0.2) is 0 Å². The summed E-state index contributed by atoms with van der Waals surface area (Å²) in [5.41, 5.74) is 1.06. The number of amidine groups is 1. The first-order valence-electron chi connectivity index (χ1n) is 5.26. The van der Waals surface area contributed by atoms with Gasteiger partial charge in [0.15, 0.2) is 5.84 Å². The molecule has 0 amide bonds. The highest BCUT2D eigenvalue weighted by molar-refractivity contribution is 5.98. The molecule has 0 heterocycles. The van der Waals surface area contributed by atoms with Crippen LogP contribution in [0.25, 0.3) is 0 Å². The van der Waals surface area contributed by atoms with Crippen LogP contribution in [0.5, 0.6) is 0 Å². The van der Waals surface area contributed by atoms with Gasteiger partial charge in [0.25, 0.3) is 0 Å². The first-order valence-corrected chi connectivity index (χ1v) is 5.26. The Kier molecular flexibility index (Phi) is 4.16. The van der Waals surface area contributed by atoms with Gasteiger partial charge in [-0.2, -0.15) is 5.10 Å². The third-order valence-electron chi connectivity index (χ3n) is 2.74. The largest absolute Gasteiger partial charge is 0.355 e. The van der Waals surface area contributed by atoms with Gasteiger partial charge in [0.05, 0.1) is 0 Å². The minimum absolute atomic E-state index is 0.438. The van der Waals surface area contributed by atoms with Gasteiger partial charge in [-0.05, 0) is 13.3 Å². The second kappa shape index (κ2) is 5.39. The molecule has 1 atom stereocenters. The SMILES string of the molecule is CCC(C)N(C)/C(=N\N)c1ccccc1. The van der Waals surface area contributed by atoms with E-state index in [9.17, 15) is 0 Å². The highest BCUT2D eigenvalue weighted by Crippen LogP contribution is 2.08. The van der Waals surface area contributed by atoms with Crippen LogP contribution in [0, 0.1) is 0 Å². The molecule has 0 aromatic heterocycles. The van der Waals surface area contributed by atoms with Crippen LogP contribution in [0.3, 0.4) is 0 Å². The molecular weight excluding hydrogens is 186 g/mol. The Morgan fingerprint density at radius 1 is 1.40 bits per heavy atom. The van der Waals surface area contributed by atoms with Crippen LogP contribution in [0.15, 0.2) is 35.4 Å². The molecule has 0 fully saturated rings. The molecule has 0 aliphatic carbocycles. The summed E-state index contributed by atoms with van der Waals surface area (Å²) in [5.74, 6) is 6.28. The smallest absolute Gasteiger partial charge is 0.155 e. The number of hydrazone groups is 1. The van der Waals surface area contributed by atoms with Crippen LogP contribution in [-0.4, -0.2) is 23.8 Å². The van der Waals surface area contributed by atoms with Crippen molar-refractivity contribution in [1.29, 1.82) is 0 Å². The van der Waals surface area contributed by atoms with Gasteiger partial charge in [0, 0.05) is 18.7 Å². The lowest BCUT2D eigenvalue weighted by Crippen LogP contribution is -2.36. The molecule has 0 spiro atoms. The Balaban J connectivity index is 2.91. The number of nitrogens with zero attached hydrogens (tertiary/aromatic N) is 2. The fourth-order valence-corrected chi connectivity index (χ4v) is 1.44. The standard InChI is InChI=1S/C12H19N3/c1-4-10(2)15(3)12(14-13)11-8-6-5-7-9-11/h5-10H,4,13H2,1-3H3/b14-12-. The van der Waals surface area contributed by atoms with Crippen molar-refractivity contribution in [2.75, 3.05) is 7.05 Å². The van der Waals surface area contributed by atoms with E-state index >= 15 is 0 Å². The van der Waals surface area contributed by atoms with E-state index in [1.54, 1.807) is 0 Å². The molecule has 0 saturated heterocycles. The van der Waals surface area contributed by atoms with Crippen molar-refractivity contribution in [3.8, 4) is 0 Å². The predicted octanol–water partition coefficient (Wildman–Crippen LogP) is 2.04. The highest BCUT2D eigenvalue weighted by Gasteiger charge is 2.13. The second-order valence-corrected chi connectivity index (χ2v) is 3.69. The minimum Gasteiger partial charge on any atom is -0.355 e. The zero-order valence-electron chi connectivity index (χ0n) is 9.64. The molecule has 0 bridgehead atoms. The van der Waals surface area contributed by atoms with Crippen molar-refractivity contribution in [1.82, 2.24) is 4.90 Å². The molecule has 1 unspecified atom stereocenters. The van der Waals surface area contributed by atoms with Gasteiger partial charge in [-0.1, -0.05) is 37.3 Å². The summed E-state index contributed by atoms with van der Waals surface area (Å²) in [7, 11) is 2.02. The quantitative estimate of drug-likeness (QED) is 0.355. The number of nitrogens with two attached hydrogens (primary N) is 1. The zero-order chi connectivity index (χ0) is 11.3. The van der Waals surface area contributed by atoms with Crippen LogP contribution in [-0.2, 0) is 0 Å². The summed E-state index contributed by atoms with van der Waals surface area (Å²) < 4.78 is 0. The van der Waals surface area contributed by atoms with E-state index in [1.165, 1.54) is 0 Å². The molecule has 1 aromatic rings. The number of benzene rings is 1. The maximum Gasteiger partial charge on any atom is 0.155 e. The van der Waals surface area contributed by atoms with Crippen molar-refractivity contribution >= 4 is 5.84 Å². The Bertz CT molecular complexity index is 319. The number of rotatable bonds is 3. The normalized spacial score (nSPS) is 13.7. The Morgan fingerprint density at radius 2 is 2.00 bits per heavy atom. The number of hydrogen-bond acceptors (Lipinski definition) is 2. The van der Waals surface area contributed by atoms with E-state index in [4.69, 9.17) is 5.84 Å². The minimum atomic E-state index is 0.438. The molecule has 0 saturated carbocycles. The van der Waals surface area contributed by atoms with E-state index in [1.807, 2.05) is 37.4 Å². The average Bonchev–Trinajstić information content (AvgIpc) is 2.30. The topological polar surface area (TPSA) is 41.6 Å². The van der Waals surface area contributed by atoms with Crippen molar-refractivity contribution in [3.05, 3.63) is 35.9 Å². The molecule has 1 aromatic carbocycles. The molecular formula is C12H19N3. The van der Waals surface area contributed by atoms with E-state index in [0.717, 1.165) is 17.8 Å². The lowest BCUT2D eigenvalue weighted by molar-refractivity contribution is 0.380. The fourth-order valence-electron chi connectivity index (χ4n) is 1.44. The molecule has 1 rings (SSSR count). The molecule has 0 radical (unpaired) electrons. The maximum absolute atomic E-state index is 5.44. The molecule has 0 aliphatic heterocycles. The molecule has 15 heavy (non-hydrogen) atoms. The zero-order valence-corrected chi connectivity index (χ0v) is 9.64. The Hall–Kier alpha value is -1.51. The second-order valence-electron chi connectivity index (χ2n) is 3.69. The predicted molar refractivity (Wildman–Crippen MR) is 64.7 cm³/mol. The molecule has 2 N–H and O–H groups in total. The van der Waals surface area contributed by atoms with E-state index in [2.05, 4.69) is 23.8 Å². The summed E-state index contributed by atoms with van der Waals surface area (Å²) in [6.07, 6.45) is 1.07. The van der Waals surface area contributed by atoms with Crippen LogP contribution >= 0.6 is 0 Å². The van der Waals surface area contributed by atoms with Gasteiger partial charge in [-0.3, -0.25) is 0 Å². The lowest BCUT2D eigenvalue weighted by atomic mass is 10.1. The van der Waals surface area contributed by atoms with E-state index in [0.29, 0.717) is 6.04 Å². The Labute approximate surface area is 91.6 Å². The Morgan fingerprint density at radius 3 is 2.47 bits per heavy atom. The first kappa shape index (κ1) is 11.6. The summed E-state index contributed by atoms with van der Waals surface area (Å²) in [6.45, 7) is 4.31. The van der Waals surface area contributed by atoms with Crippen LogP contribution in [0.2, 0.25) is 0 Å². The monoisotopic (exact) mass is 205 g/mol. The lowest BCUT2D eigenvalue weighted by Gasteiger charge is -2.26. The van der Waals surface area contributed by atoms with Gasteiger partial charge in [-0.15, -0.1) is 0 Å². The third kappa shape index (κ3) is 2.72. The van der Waals surface area contributed by atoms with Crippen molar-refractivity contribution in [2.45, 2.75) is 26.3 Å². The van der Waals surface area contributed by atoms with Crippen molar-refractivity contribution in [3.63, 3.8) is 0 Å². The average molecular weight is 205 g/mol. The van der Waals surface area contributed by atoms with E-state index < -0.39 is 0 Å². The fraction of sp³-hybridized carbons (Fsp3) is 0.417. The third-order valence-corrected chi connectivity index (χ3v) is 2.74. The summed E-state index contributed by atoms with van der Waals surface area (Å²) in [4.78, 5) is 2.11. The van der Waals surface area contributed by atoms with Gasteiger partial charge >= 0.3 is 0 Å². The van der Waals surface area contributed by atoms with Crippen LogP contribution in [0.4, 0.5) is 0 Å². The molecule has 82 valence electrons. The summed E-state index contributed by atoms with van der Waals surface area (Å²) in [6, 6.07) is 10.4. The number of hydrogen-bond donors (Lipinski definition) is 1. The molecule has 3 heteroatoms. The van der Waals surface area contributed by atoms with Gasteiger partial charge in [0.2, 0.25) is 0 Å².